The van der Waals surface area contributed by atoms with Crippen LogP contribution in [0.4, 0.5) is 17.6 Å². The van der Waals surface area contributed by atoms with Gasteiger partial charge in [-0.1, -0.05) is 86.0 Å². The molecule has 4 aromatic rings. The van der Waals surface area contributed by atoms with Crippen LogP contribution >= 0.6 is 25.5 Å². The second-order valence-electron chi connectivity index (χ2n) is 10.3. The first-order valence-electron chi connectivity index (χ1n) is 15.9. The first-order valence-corrected chi connectivity index (χ1v) is 21.7. The third-order valence-electron chi connectivity index (χ3n) is 6.91. The maximum absolute atomic E-state index is 12.1. The molecule has 282 valence electrons. The van der Waals surface area contributed by atoms with Crippen LogP contribution in [0.3, 0.4) is 0 Å². The minimum absolute atomic E-state index is 0.0533. The van der Waals surface area contributed by atoms with E-state index in [-0.39, 0.29) is 12.7 Å². The normalized spacial score (nSPS) is 10.4. The molecule has 13 heteroatoms. The third kappa shape index (κ3) is 19.7. The van der Waals surface area contributed by atoms with Crippen molar-refractivity contribution in [2.45, 2.75) is 18.8 Å². The average molecular weight is 868 g/mol. The fourth-order valence-electron chi connectivity index (χ4n) is 4.40. The van der Waals surface area contributed by atoms with Gasteiger partial charge >= 0.3 is 38.9 Å². The van der Waals surface area contributed by atoms with E-state index >= 15 is 0 Å². The number of carbonyl (C=O) groups excluding carboxylic acids is 2. The SMILES string of the molecule is C=CC(F)(F)C(=O)OCC.C=CC(F)(F)CO.[CH-]=O.[Cl][RuH+2].c1ccc([PH+](CCNCC[PH+](c2ccccc2)c2ccccc2)c2ccccc2)cc1. The molecule has 2 N–H and O–H groups in total. The van der Waals surface area contributed by atoms with Crippen LogP contribution in [0.25, 0.3) is 0 Å². The largest absolute Gasteiger partial charge is 0.310 e. The standard InChI is InChI=1S/C28H29NP2.C6H8F2O2.C4H6F2O.CHO.ClH.Ru.H/c1-5-13-25(14-6-1)30(26-15-7-2-8-16-26)23-21-29-22-24-31(27-17-9-3-10-18-27)28-19-11-4-12-20-28;1-3-6(7,8)5(9)10-4-2;1-2-4(5,6)3-7;1-2;;;/h1-20,29H,21-24H2;3H,1,4H2,2H3;2,7H,1,3H2;1H;1H;;/q;;;-1;;+3;/p+1. The number of halogens is 5. The molecule has 0 heterocycles. The molecular weight excluding hydrogens is 821 g/mol. The molecule has 0 aliphatic heterocycles. The second-order valence-corrected chi connectivity index (χ2v) is 15.6. The molecule has 52 heavy (non-hydrogen) atoms. The molecular formula is C39H47ClF4NO4P2Ru+3. The summed E-state index contributed by atoms with van der Waals surface area (Å²) in [4.78, 5) is 18.0. The zero-order valence-corrected chi connectivity index (χ0v) is 33.5. The van der Waals surface area contributed by atoms with Crippen LogP contribution in [0, 0.1) is 0 Å². The van der Waals surface area contributed by atoms with E-state index in [1.54, 1.807) is 17.3 Å². The molecule has 0 aliphatic rings. The Morgan fingerprint density at radius 1 is 0.731 bits per heavy atom. The van der Waals surface area contributed by atoms with E-state index < -0.39 is 40.3 Å². The van der Waals surface area contributed by atoms with Crippen molar-refractivity contribution in [1.29, 1.82) is 0 Å². The number of carbonyl (C=O) groups is 1. The van der Waals surface area contributed by atoms with Crippen LogP contribution in [-0.2, 0) is 31.6 Å². The Labute approximate surface area is 321 Å². The van der Waals surface area contributed by atoms with Crippen LogP contribution in [0.1, 0.15) is 6.92 Å². The quantitative estimate of drug-likeness (QED) is 0.0206. The zero-order chi connectivity index (χ0) is 39.3. The van der Waals surface area contributed by atoms with Crippen molar-refractivity contribution in [2.24, 2.45) is 0 Å². The maximum atomic E-state index is 12.1. The first kappa shape index (κ1) is 48.9. The molecule has 0 spiro atoms. The Morgan fingerprint density at radius 3 is 1.25 bits per heavy atom. The Hall–Kier alpha value is -3.09. The van der Waals surface area contributed by atoms with Gasteiger partial charge in [0, 0.05) is 13.1 Å². The summed E-state index contributed by atoms with van der Waals surface area (Å²) in [7, 11) is 3.09. The van der Waals surface area contributed by atoms with E-state index in [0.29, 0.717) is 6.08 Å². The van der Waals surface area contributed by atoms with Gasteiger partial charge in [-0.2, -0.15) is 17.6 Å². The van der Waals surface area contributed by atoms with E-state index in [2.05, 4.69) is 161 Å². The number of aliphatic hydroxyl groups excluding tert-OH is 1. The number of ether oxygens (including phenoxy) is 1. The summed E-state index contributed by atoms with van der Waals surface area (Å²) in [5.74, 6) is -8.19. The van der Waals surface area contributed by atoms with E-state index in [0.717, 1.165) is 13.1 Å². The second kappa shape index (κ2) is 29.4. The molecule has 0 aromatic heterocycles. The van der Waals surface area contributed by atoms with Crippen LogP contribution in [0.2, 0.25) is 0 Å². The van der Waals surface area contributed by atoms with E-state index in [1.165, 1.54) is 40.5 Å². The fourth-order valence-corrected chi connectivity index (χ4v) is 9.45. The monoisotopic (exact) mass is 868 g/mol. The van der Waals surface area contributed by atoms with Gasteiger partial charge in [0.15, 0.2) is 0 Å². The van der Waals surface area contributed by atoms with Crippen LogP contribution in [0.5, 0.6) is 0 Å². The summed E-state index contributed by atoms with van der Waals surface area (Å²) in [6, 6.07) is 44.2. The van der Waals surface area contributed by atoms with Gasteiger partial charge in [0.05, 0.1) is 56.0 Å². The van der Waals surface area contributed by atoms with E-state index in [9.17, 15) is 22.4 Å². The molecule has 4 aromatic carbocycles. The number of aliphatic hydroxyl groups is 1. The summed E-state index contributed by atoms with van der Waals surface area (Å²) in [6.07, 6.45) is 3.08. The molecule has 0 amide bonds. The number of esters is 1. The molecule has 0 saturated heterocycles. The predicted octanol–water partition coefficient (Wildman–Crippen LogP) is 6.62. The summed E-state index contributed by atoms with van der Waals surface area (Å²) >= 11 is 1.62. The summed E-state index contributed by atoms with van der Waals surface area (Å²) in [5, 5.41) is 17.5. The van der Waals surface area contributed by atoms with Crippen LogP contribution in [0.15, 0.2) is 147 Å². The number of hydrogen-bond donors (Lipinski definition) is 2. The van der Waals surface area contributed by atoms with Crippen molar-refractivity contribution < 1.29 is 54.3 Å². The molecule has 5 nitrogen and oxygen atoms in total. The van der Waals surface area contributed by atoms with Crippen molar-refractivity contribution >= 4 is 59.5 Å². The van der Waals surface area contributed by atoms with Gasteiger partial charge in [-0.05, 0) is 67.6 Å². The van der Waals surface area contributed by atoms with Gasteiger partial charge < -0.3 is 20.0 Å². The minimum atomic E-state index is -3.55. The summed E-state index contributed by atoms with van der Waals surface area (Å²) in [5.41, 5.74) is 0. The molecule has 4 rings (SSSR count). The molecule has 0 radical (unpaired) electrons. The van der Waals surface area contributed by atoms with Crippen LogP contribution in [-0.4, -0.2) is 68.3 Å². The molecule has 0 unspecified atom stereocenters. The van der Waals surface area contributed by atoms with Crippen molar-refractivity contribution in [3.63, 3.8) is 0 Å². The van der Waals surface area contributed by atoms with Gasteiger partial charge in [0.25, 0.3) is 5.92 Å². The van der Waals surface area contributed by atoms with Crippen molar-refractivity contribution in [1.82, 2.24) is 5.32 Å². The summed E-state index contributed by atoms with van der Waals surface area (Å²) in [6.45, 7) is 11.2. The minimum Gasteiger partial charge on any atom is -0.310 e. The number of nitrogens with one attached hydrogen (secondary N) is 1. The Bertz CT molecular complexity index is 1340. The number of benzene rings is 4. The summed E-state index contributed by atoms with van der Waals surface area (Å²) < 4.78 is 51.3. The van der Waals surface area contributed by atoms with Crippen LogP contribution < -0.4 is 26.5 Å². The number of hydrogen-bond acceptors (Lipinski definition) is 5. The predicted molar refractivity (Wildman–Crippen MR) is 212 cm³/mol. The van der Waals surface area contributed by atoms with Gasteiger partial charge in [-0.15, -0.1) is 0 Å². The van der Waals surface area contributed by atoms with Crippen molar-refractivity contribution in [2.75, 3.05) is 38.6 Å². The first-order chi connectivity index (χ1) is 25.1. The Kier molecular flexibility index (Phi) is 27.6. The van der Waals surface area contributed by atoms with E-state index in [4.69, 9.17) is 9.90 Å². The molecule has 0 atom stereocenters. The Morgan fingerprint density at radius 2 is 1.04 bits per heavy atom. The topological polar surface area (TPSA) is 75.6 Å². The van der Waals surface area contributed by atoms with Gasteiger partial charge in [-0.25, -0.2) is 4.79 Å². The third-order valence-corrected chi connectivity index (χ3v) is 12.5. The van der Waals surface area contributed by atoms with Gasteiger partial charge in [0.2, 0.25) is 0 Å². The smallest absolute Gasteiger partial charge is 0.0967 e. The molecule has 0 saturated carbocycles. The van der Waals surface area contributed by atoms with Crippen molar-refractivity contribution in [3.8, 4) is 0 Å². The molecule has 0 aliphatic carbocycles. The number of rotatable bonds is 15. The van der Waals surface area contributed by atoms with E-state index in [1.807, 2.05) is 0 Å². The van der Waals surface area contributed by atoms with Gasteiger partial charge in [-0.3, -0.25) is 6.79 Å². The molecule has 0 fully saturated rings. The molecule has 0 bridgehead atoms. The Balaban J connectivity index is 0.00000102. The fraction of sp³-hybridized carbons (Fsp3) is 0.231. The van der Waals surface area contributed by atoms with Gasteiger partial charge in [0.1, 0.15) is 6.61 Å². The maximum Gasteiger partial charge on any atom is 0.0967 e. The van der Waals surface area contributed by atoms with Crippen molar-refractivity contribution in [3.05, 3.63) is 147 Å². The zero-order valence-electron chi connectivity index (χ0n) is 28.9. The number of alkyl halides is 4. The average Bonchev–Trinajstić information content (AvgIpc) is 3.21.